The lowest BCUT2D eigenvalue weighted by atomic mass is 10.1. The summed E-state index contributed by atoms with van der Waals surface area (Å²) in [6.07, 6.45) is 3.51. The van der Waals surface area contributed by atoms with E-state index >= 15 is 0 Å². The fraction of sp³-hybridized carbons (Fsp3) is 0.190. The largest absolute Gasteiger partial charge is 0.366 e. The number of sulfonamides is 1. The number of nitrogens with one attached hydrogen (secondary N) is 1. The standard InChI is InChI=1S/C21H19FN4O4S2/c22-16-4-3-13(20(23)27)10-15(16)12-26-9-7-17(21(26)28)25-32(29,30)19-6-5-18(31-19)14-2-1-8-24-11-14/h1-6,8,10-11,17,25H,7,9,12H2,(H2,23,27)/t17-/m0/s1. The molecule has 166 valence electrons. The molecule has 0 aliphatic carbocycles. The Kier molecular flexibility index (Phi) is 6.04. The predicted molar refractivity (Wildman–Crippen MR) is 117 cm³/mol. The number of hydrogen-bond donors (Lipinski definition) is 2. The van der Waals surface area contributed by atoms with Crippen molar-refractivity contribution in [1.29, 1.82) is 0 Å². The van der Waals surface area contributed by atoms with Gasteiger partial charge in [-0.15, -0.1) is 11.3 Å². The van der Waals surface area contributed by atoms with Crippen LogP contribution >= 0.6 is 11.3 Å². The number of rotatable bonds is 7. The molecule has 1 aliphatic rings. The Hall–Kier alpha value is -3.15. The van der Waals surface area contributed by atoms with Crippen LogP contribution in [-0.4, -0.2) is 42.7 Å². The number of halogens is 1. The van der Waals surface area contributed by atoms with Crippen molar-refractivity contribution in [2.45, 2.75) is 23.2 Å². The Morgan fingerprint density at radius 3 is 2.81 bits per heavy atom. The number of benzene rings is 1. The van der Waals surface area contributed by atoms with Crippen molar-refractivity contribution >= 4 is 33.2 Å². The molecule has 2 amide bonds. The van der Waals surface area contributed by atoms with Crippen LogP contribution in [0.3, 0.4) is 0 Å². The van der Waals surface area contributed by atoms with Gasteiger partial charge in [-0.25, -0.2) is 12.8 Å². The van der Waals surface area contributed by atoms with Gasteiger partial charge in [-0.05, 0) is 42.8 Å². The number of aromatic nitrogens is 1. The maximum absolute atomic E-state index is 14.1. The highest BCUT2D eigenvalue weighted by molar-refractivity contribution is 7.91. The number of likely N-dealkylation sites (tertiary alicyclic amines) is 1. The van der Waals surface area contributed by atoms with E-state index in [0.717, 1.165) is 27.8 Å². The van der Waals surface area contributed by atoms with E-state index in [1.165, 1.54) is 23.1 Å². The Morgan fingerprint density at radius 2 is 2.09 bits per heavy atom. The van der Waals surface area contributed by atoms with Gasteiger partial charge in [0.05, 0.1) is 0 Å². The summed E-state index contributed by atoms with van der Waals surface area (Å²) in [5.41, 5.74) is 6.29. The molecule has 32 heavy (non-hydrogen) atoms. The smallest absolute Gasteiger partial charge is 0.250 e. The fourth-order valence-electron chi connectivity index (χ4n) is 3.43. The number of carbonyl (C=O) groups is 2. The molecular weight excluding hydrogens is 455 g/mol. The third kappa shape index (κ3) is 4.54. The second-order valence-electron chi connectivity index (χ2n) is 7.25. The zero-order valence-electron chi connectivity index (χ0n) is 16.7. The molecule has 0 bridgehead atoms. The monoisotopic (exact) mass is 474 g/mol. The molecule has 1 saturated heterocycles. The first kappa shape index (κ1) is 22.1. The van der Waals surface area contributed by atoms with Crippen LogP contribution in [0, 0.1) is 5.82 Å². The van der Waals surface area contributed by atoms with Crippen LogP contribution in [-0.2, 0) is 21.4 Å². The van der Waals surface area contributed by atoms with Gasteiger partial charge in [0.25, 0.3) is 10.0 Å². The number of carbonyl (C=O) groups excluding carboxylic acids is 2. The highest BCUT2D eigenvalue weighted by Crippen LogP contribution is 2.30. The second-order valence-corrected chi connectivity index (χ2v) is 10.3. The van der Waals surface area contributed by atoms with E-state index in [1.807, 2.05) is 6.07 Å². The minimum Gasteiger partial charge on any atom is -0.366 e. The van der Waals surface area contributed by atoms with Crippen LogP contribution in [0.5, 0.6) is 0 Å². The van der Waals surface area contributed by atoms with Gasteiger partial charge in [0, 0.05) is 47.1 Å². The van der Waals surface area contributed by atoms with Crippen LogP contribution in [0.25, 0.3) is 10.4 Å². The van der Waals surface area contributed by atoms with Crippen LogP contribution < -0.4 is 10.5 Å². The summed E-state index contributed by atoms with van der Waals surface area (Å²) in [7, 11) is -3.92. The molecule has 0 radical (unpaired) electrons. The number of primary amides is 1. The molecule has 4 rings (SSSR count). The SMILES string of the molecule is NC(=O)c1ccc(F)c(CN2CC[C@H](NS(=O)(=O)c3ccc(-c4cccnc4)s3)C2=O)c1. The van der Waals surface area contributed by atoms with E-state index in [-0.39, 0.29) is 34.8 Å². The van der Waals surface area contributed by atoms with Crippen molar-refractivity contribution in [1.82, 2.24) is 14.6 Å². The summed E-state index contributed by atoms with van der Waals surface area (Å²) in [4.78, 5) is 30.2. The zero-order valence-corrected chi connectivity index (χ0v) is 18.3. The number of pyridine rings is 1. The van der Waals surface area contributed by atoms with Crippen LogP contribution in [0.4, 0.5) is 4.39 Å². The molecular formula is C21H19FN4O4S2. The van der Waals surface area contributed by atoms with Gasteiger partial charge < -0.3 is 10.6 Å². The fourth-order valence-corrected chi connectivity index (χ4v) is 5.97. The summed E-state index contributed by atoms with van der Waals surface area (Å²) < 4.78 is 42.3. The number of thiophene rings is 1. The van der Waals surface area contributed by atoms with Crippen molar-refractivity contribution < 1.29 is 22.4 Å². The molecule has 1 aliphatic heterocycles. The zero-order chi connectivity index (χ0) is 22.9. The van der Waals surface area contributed by atoms with Gasteiger partial charge in [-0.1, -0.05) is 6.07 Å². The van der Waals surface area contributed by atoms with Crippen molar-refractivity contribution in [3.63, 3.8) is 0 Å². The molecule has 2 aromatic heterocycles. The highest BCUT2D eigenvalue weighted by Gasteiger charge is 2.35. The Labute approximate surface area is 187 Å². The van der Waals surface area contributed by atoms with Crippen molar-refractivity contribution in [3.05, 3.63) is 71.8 Å². The van der Waals surface area contributed by atoms with Crippen LogP contribution in [0.1, 0.15) is 22.3 Å². The van der Waals surface area contributed by atoms with E-state index in [9.17, 15) is 22.4 Å². The topological polar surface area (TPSA) is 122 Å². The molecule has 3 N–H and O–H groups in total. The molecule has 1 aromatic carbocycles. The van der Waals surface area contributed by atoms with Crippen LogP contribution in [0.2, 0.25) is 0 Å². The first-order chi connectivity index (χ1) is 15.2. The van der Waals surface area contributed by atoms with E-state index in [0.29, 0.717) is 0 Å². The lowest BCUT2D eigenvalue weighted by molar-refractivity contribution is -0.129. The Bertz CT molecular complexity index is 1280. The van der Waals surface area contributed by atoms with Crippen molar-refractivity contribution in [3.8, 4) is 10.4 Å². The van der Waals surface area contributed by atoms with Gasteiger partial charge >= 0.3 is 0 Å². The summed E-state index contributed by atoms with van der Waals surface area (Å²) >= 11 is 1.08. The first-order valence-corrected chi connectivity index (χ1v) is 11.9. The molecule has 3 heterocycles. The Morgan fingerprint density at radius 1 is 1.28 bits per heavy atom. The van der Waals surface area contributed by atoms with Crippen LogP contribution in [0.15, 0.2) is 59.1 Å². The summed E-state index contributed by atoms with van der Waals surface area (Å²) in [6.45, 7) is 0.159. The van der Waals surface area contributed by atoms with Gasteiger partial charge in [0.2, 0.25) is 11.8 Å². The maximum atomic E-state index is 14.1. The molecule has 3 aromatic rings. The summed E-state index contributed by atoms with van der Waals surface area (Å²) in [5.74, 6) is -1.74. The van der Waals surface area contributed by atoms with Gasteiger partial charge in [0.15, 0.2) is 0 Å². The summed E-state index contributed by atoms with van der Waals surface area (Å²) in [5, 5.41) is 0. The summed E-state index contributed by atoms with van der Waals surface area (Å²) in [6, 6.07) is 9.49. The molecule has 8 nitrogen and oxygen atoms in total. The van der Waals surface area contributed by atoms with Crippen molar-refractivity contribution in [2.75, 3.05) is 6.54 Å². The molecule has 11 heteroatoms. The highest BCUT2D eigenvalue weighted by atomic mass is 32.2. The predicted octanol–water partition coefficient (Wildman–Crippen LogP) is 2.13. The minimum atomic E-state index is -3.92. The molecule has 1 fully saturated rings. The molecule has 0 spiro atoms. The normalized spacial score (nSPS) is 16.5. The molecule has 1 atom stereocenters. The number of amides is 2. The van der Waals surface area contributed by atoms with Gasteiger partial charge in [-0.2, -0.15) is 4.72 Å². The third-order valence-electron chi connectivity index (χ3n) is 5.08. The number of nitrogens with two attached hydrogens (primary N) is 1. The number of hydrogen-bond acceptors (Lipinski definition) is 6. The van der Waals surface area contributed by atoms with Gasteiger partial charge in [0.1, 0.15) is 16.1 Å². The van der Waals surface area contributed by atoms with E-state index < -0.39 is 33.7 Å². The average Bonchev–Trinajstić information content (AvgIpc) is 3.39. The van der Waals surface area contributed by atoms with Gasteiger partial charge in [-0.3, -0.25) is 14.6 Å². The van der Waals surface area contributed by atoms with Crippen molar-refractivity contribution in [2.24, 2.45) is 5.73 Å². The quantitative estimate of drug-likeness (QED) is 0.543. The first-order valence-electron chi connectivity index (χ1n) is 9.64. The maximum Gasteiger partial charge on any atom is 0.250 e. The van der Waals surface area contributed by atoms with E-state index in [4.69, 9.17) is 5.73 Å². The molecule has 0 saturated carbocycles. The third-order valence-corrected chi connectivity index (χ3v) is 8.18. The minimum absolute atomic E-state index is 0.0859. The average molecular weight is 475 g/mol. The molecule has 0 unspecified atom stereocenters. The Balaban J connectivity index is 1.46. The second kappa shape index (κ2) is 8.77. The number of nitrogens with zero attached hydrogens (tertiary/aromatic N) is 2. The lowest BCUT2D eigenvalue weighted by Crippen LogP contribution is -2.41. The lowest BCUT2D eigenvalue weighted by Gasteiger charge is -2.18. The van der Waals surface area contributed by atoms with E-state index in [1.54, 1.807) is 24.5 Å². The van der Waals surface area contributed by atoms with E-state index in [2.05, 4.69) is 9.71 Å².